The largest absolute Gasteiger partial charge is 0.494 e. The third kappa shape index (κ3) is 9.45. The number of amides is 3. The fraction of sp³-hybridized carbons (Fsp3) is 0.714. The predicted molar refractivity (Wildman–Crippen MR) is 156 cm³/mol. The van der Waals surface area contributed by atoms with Crippen LogP contribution in [0.2, 0.25) is 0 Å². The van der Waals surface area contributed by atoms with Crippen molar-refractivity contribution >= 4 is 29.1 Å². The highest BCUT2D eigenvalue weighted by atomic mass is 32.2. The van der Waals surface area contributed by atoms with E-state index >= 15 is 0 Å². The van der Waals surface area contributed by atoms with E-state index in [1.165, 1.54) is 5.69 Å². The number of ether oxygens (including phenoxy) is 1. The minimum Gasteiger partial charge on any atom is -0.494 e. The fourth-order valence-electron chi connectivity index (χ4n) is 4.85. The van der Waals surface area contributed by atoms with Crippen LogP contribution in [0.5, 0.6) is 5.75 Å². The first-order valence-electron chi connectivity index (χ1n) is 14.0. The van der Waals surface area contributed by atoms with Gasteiger partial charge in [0.1, 0.15) is 16.7 Å². The number of urea groups is 1. The number of carbonyl (C=O) groups is 2. The number of hydrogen-bond acceptors (Lipinski definition) is 5. The molecule has 0 aromatic heterocycles. The summed E-state index contributed by atoms with van der Waals surface area (Å²) in [6, 6.07) is 8.38. The van der Waals surface area contributed by atoms with Gasteiger partial charge in [-0.25, -0.2) is 13.3 Å². The number of likely N-dealkylation sites (tertiary alicyclic amines) is 1. The van der Waals surface area contributed by atoms with Crippen LogP contribution in [0.4, 0.5) is 10.5 Å². The Morgan fingerprint density at radius 2 is 1.71 bits per heavy atom. The molecule has 1 atom stereocenters. The van der Waals surface area contributed by atoms with Crippen LogP contribution in [0.3, 0.4) is 0 Å². The van der Waals surface area contributed by atoms with Gasteiger partial charge in [0.05, 0.1) is 11.4 Å². The zero-order valence-corrected chi connectivity index (χ0v) is 24.9. The van der Waals surface area contributed by atoms with Crippen molar-refractivity contribution in [2.75, 3.05) is 50.8 Å². The quantitative estimate of drug-likeness (QED) is 0.376. The number of nitrogens with one attached hydrogen (secondary N) is 1. The van der Waals surface area contributed by atoms with Gasteiger partial charge in [-0.05, 0) is 77.1 Å². The molecular weight excluding hydrogens is 502 g/mol. The standard InChI is InChI=1S/C27H46N4O3S.CH3NO/c1-6-8-22-34-24-12-10-23(11-13-24)29-16-9-17-31(21-20-29)35(33)27(7-2)14-18-30(19-15-27)25(32)28-26(3,4)5;2-1-3/h10-13H,6-9,14-22H2,1-5H3,(H,28,32);1H,(H2,2,3). The summed E-state index contributed by atoms with van der Waals surface area (Å²) in [5.74, 6) is 0.923. The summed E-state index contributed by atoms with van der Waals surface area (Å²) < 4.78 is 21.6. The van der Waals surface area contributed by atoms with Crippen molar-refractivity contribution in [2.45, 2.75) is 83.4 Å². The molecule has 2 aliphatic heterocycles. The highest BCUT2D eigenvalue weighted by Crippen LogP contribution is 2.34. The summed E-state index contributed by atoms with van der Waals surface area (Å²) in [6.07, 6.45) is 5.88. The summed E-state index contributed by atoms with van der Waals surface area (Å²) in [6.45, 7) is 15.9. The Labute approximate surface area is 232 Å². The van der Waals surface area contributed by atoms with Crippen LogP contribution < -0.4 is 20.7 Å². The maximum Gasteiger partial charge on any atom is 0.317 e. The van der Waals surface area contributed by atoms with Gasteiger partial charge in [0.2, 0.25) is 6.41 Å². The number of carbonyl (C=O) groups excluding carboxylic acids is 2. The molecule has 216 valence electrons. The number of anilines is 1. The number of primary amides is 1. The van der Waals surface area contributed by atoms with Crippen LogP contribution in [0.25, 0.3) is 0 Å². The van der Waals surface area contributed by atoms with Crippen LogP contribution in [-0.4, -0.2) is 82.0 Å². The SMILES string of the molecule is CCCCOc1ccc(N2CCCN(S(=O)C3(CC)CCN(C(=O)NC(C)(C)C)CC3)CC2)cc1.NC=O. The summed E-state index contributed by atoms with van der Waals surface area (Å²) in [7, 11) is -1.06. The maximum atomic E-state index is 13.9. The van der Waals surface area contributed by atoms with Gasteiger partial charge in [-0.15, -0.1) is 0 Å². The number of rotatable bonds is 8. The molecule has 3 amide bonds. The van der Waals surface area contributed by atoms with Crippen LogP contribution in [0.1, 0.15) is 73.1 Å². The average molecular weight is 552 g/mol. The third-order valence-corrected chi connectivity index (χ3v) is 9.39. The Morgan fingerprint density at radius 3 is 2.26 bits per heavy atom. The molecule has 2 saturated heterocycles. The monoisotopic (exact) mass is 551 g/mol. The van der Waals surface area contributed by atoms with Gasteiger partial charge >= 0.3 is 6.03 Å². The minimum absolute atomic E-state index is 0.0137. The van der Waals surface area contributed by atoms with Crippen LogP contribution in [-0.2, 0) is 15.8 Å². The molecule has 0 spiro atoms. The lowest BCUT2D eigenvalue weighted by atomic mass is 9.93. The van der Waals surface area contributed by atoms with Crippen molar-refractivity contribution in [3.8, 4) is 5.75 Å². The highest BCUT2D eigenvalue weighted by molar-refractivity contribution is 7.84. The summed E-state index contributed by atoms with van der Waals surface area (Å²) in [5.41, 5.74) is 5.11. The van der Waals surface area contributed by atoms with E-state index in [-0.39, 0.29) is 22.7 Å². The lowest BCUT2D eigenvalue weighted by molar-refractivity contribution is -0.106. The van der Waals surface area contributed by atoms with Crippen LogP contribution in [0, 0.1) is 0 Å². The van der Waals surface area contributed by atoms with E-state index in [2.05, 4.69) is 58.4 Å². The Morgan fingerprint density at radius 1 is 1.08 bits per heavy atom. The fourth-order valence-corrected chi connectivity index (χ4v) is 6.72. The Hall–Kier alpha value is -2.33. The van der Waals surface area contributed by atoms with E-state index in [1.54, 1.807) is 0 Å². The normalized spacial score (nSPS) is 19.0. The van der Waals surface area contributed by atoms with E-state index in [0.717, 1.165) is 77.1 Å². The van der Waals surface area contributed by atoms with Gasteiger partial charge < -0.3 is 25.6 Å². The van der Waals surface area contributed by atoms with Gasteiger partial charge in [0, 0.05) is 50.5 Å². The van der Waals surface area contributed by atoms with E-state index in [1.807, 2.05) is 25.7 Å². The van der Waals surface area contributed by atoms with Gasteiger partial charge in [-0.1, -0.05) is 20.3 Å². The lowest BCUT2D eigenvalue weighted by Crippen LogP contribution is -2.56. The molecule has 0 radical (unpaired) electrons. The molecule has 2 fully saturated rings. The average Bonchev–Trinajstić information content (AvgIpc) is 3.15. The Balaban J connectivity index is 0.00000161. The van der Waals surface area contributed by atoms with Gasteiger partial charge in [-0.2, -0.15) is 0 Å². The Bertz CT molecular complexity index is 882. The second-order valence-corrected chi connectivity index (χ2v) is 12.9. The maximum absolute atomic E-state index is 13.9. The molecule has 10 heteroatoms. The number of nitrogens with two attached hydrogens (primary N) is 1. The van der Waals surface area contributed by atoms with E-state index in [4.69, 9.17) is 9.53 Å². The van der Waals surface area contributed by atoms with E-state index < -0.39 is 11.0 Å². The van der Waals surface area contributed by atoms with Crippen molar-refractivity contribution in [1.29, 1.82) is 0 Å². The first-order chi connectivity index (χ1) is 18.1. The predicted octanol–water partition coefficient (Wildman–Crippen LogP) is 3.90. The molecule has 0 aliphatic carbocycles. The minimum atomic E-state index is -1.06. The second-order valence-electron chi connectivity index (χ2n) is 11.1. The molecule has 38 heavy (non-hydrogen) atoms. The van der Waals surface area contributed by atoms with Crippen molar-refractivity contribution in [2.24, 2.45) is 5.73 Å². The van der Waals surface area contributed by atoms with Gasteiger partial charge in [0.15, 0.2) is 0 Å². The molecule has 1 aromatic rings. The molecule has 0 saturated carbocycles. The molecule has 1 unspecified atom stereocenters. The third-order valence-electron chi connectivity index (χ3n) is 7.12. The first kappa shape index (κ1) is 31.9. The highest BCUT2D eigenvalue weighted by Gasteiger charge is 2.42. The summed E-state index contributed by atoms with van der Waals surface area (Å²) >= 11 is 0. The second kappa shape index (κ2) is 15.3. The first-order valence-corrected chi connectivity index (χ1v) is 15.1. The topological polar surface area (TPSA) is 108 Å². The van der Waals surface area contributed by atoms with E-state index in [0.29, 0.717) is 13.1 Å². The number of unbranched alkanes of at least 4 members (excludes halogenated alkanes) is 1. The summed E-state index contributed by atoms with van der Waals surface area (Å²) in [4.78, 5) is 25.5. The van der Waals surface area contributed by atoms with Crippen molar-refractivity contribution in [3.63, 3.8) is 0 Å². The number of benzene rings is 1. The van der Waals surface area contributed by atoms with Gasteiger partial charge in [-0.3, -0.25) is 4.79 Å². The molecule has 2 aliphatic rings. The zero-order valence-electron chi connectivity index (χ0n) is 24.0. The summed E-state index contributed by atoms with van der Waals surface area (Å²) in [5, 5.41) is 3.06. The molecule has 3 rings (SSSR count). The van der Waals surface area contributed by atoms with Crippen molar-refractivity contribution < 1.29 is 18.5 Å². The molecule has 3 N–H and O–H groups in total. The van der Waals surface area contributed by atoms with Crippen molar-refractivity contribution in [3.05, 3.63) is 24.3 Å². The molecule has 2 heterocycles. The number of piperidine rings is 1. The lowest BCUT2D eigenvalue weighted by Gasteiger charge is -2.43. The van der Waals surface area contributed by atoms with Crippen molar-refractivity contribution in [1.82, 2.24) is 14.5 Å². The molecule has 9 nitrogen and oxygen atoms in total. The number of hydrogen-bond donors (Lipinski definition) is 2. The molecular formula is C28H49N5O4S. The van der Waals surface area contributed by atoms with Gasteiger partial charge in [0.25, 0.3) is 0 Å². The van der Waals surface area contributed by atoms with E-state index in [9.17, 15) is 9.00 Å². The van der Waals surface area contributed by atoms with Crippen LogP contribution >= 0.6 is 0 Å². The Kier molecular flexibility index (Phi) is 12.8. The van der Waals surface area contributed by atoms with Crippen LogP contribution in [0.15, 0.2) is 24.3 Å². The smallest absolute Gasteiger partial charge is 0.317 e. The zero-order chi connectivity index (χ0) is 28.2. The number of nitrogens with zero attached hydrogens (tertiary/aromatic N) is 3. The molecule has 1 aromatic carbocycles. The molecule has 0 bridgehead atoms.